The van der Waals surface area contributed by atoms with Gasteiger partial charge in [0.05, 0.1) is 5.75 Å². The molecule has 130 valence electrons. The second-order valence-electron chi connectivity index (χ2n) is 6.40. The first-order chi connectivity index (χ1) is 12.1. The SMILES string of the molecule is O=S1(=O)CCN2CCC[C@H](c3ccc(Oc4ccccc4)cc3)C2=N1. The van der Waals surface area contributed by atoms with Gasteiger partial charge in [-0.15, -0.1) is 4.40 Å². The number of rotatable bonds is 3. The highest BCUT2D eigenvalue weighted by Gasteiger charge is 2.33. The molecule has 0 radical (unpaired) electrons. The molecule has 0 bridgehead atoms. The van der Waals surface area contributed by atoms with Gasteiger partial charge in [0.1, 0.15) is 17.3 Å². The van der Waals surface area contributed by atoms with Crippen molar-refractivity contribution < 1.29 is 13.2 Å². The maximum Gasteiger partial charge on any atom is 0.256 e. The second-order valence-corrected chi connectivity index (χ2v) is 8.16. The van der Waals surface area contributed by atoms with Crippen LogP contribution in [0, 0.1) is 0 Å². The number of hydrogen-bond donors (Lipinski definition) is 0. The van der Waals surface area contributed by atoms with E-state index in [9.17, 15) is 8.42 Å². The molecule has 0 spiro atoms. The lowest BCUT2D eigenvalue weighted by atomic mass is 9.89. The quantitative estimate of drug-likeness (QED) is 0.846. The van der Waals surface area contributed by atoms with Crippen molar-refractivity contribution in [2.24, 2.45) is 4.40 Å². The monoisotopic (exact) mass is 356 g/mol. The predicted octanol–water partition coefficient (Wildman–Crippen LogP) is 3.40. The fraction of sp³-hybridized carbons (Fsp3) is 0.316. The first kappa shape index (κ1) is 16.1. The molecule has 1 atom stereocenters. The van der Waals surface area contributed by atoms with Crippen molar-refractivity contribution in [2.75, 3.05) is 18.8 Å². The zero-order valence-corrected chi connectivity index (χ0v) is 14.7. The number of hydrogen-bond acceptors (Lipinski definition) is 4. The summed E-state index contributed by atoms with van der Waals surface area (Å²) < 4.78 is 33.7. The Labute approximate surface area is 148 Å². The summed E-state index contributed by atoms with van der Waals surface area (Å²) in [5.41, 5.74) is 1.08. The minimum absolute atomic E-state index is 0.0367. The molecular weight excluding hydrogens is 336 g/mol. The van der Waals surface area contributed by atoms with Crippen molar-refractivity contribution in [1.82, 2.24) is 4.90 Å². The van der Waals surface area contributed by atoms with Gasteiger partial charge in [0.25, 0.3) is 10.0 Å². The van der Waals surface area contributed by atoms with Gasteiger partial charge in [0.15, 0.2) is 0 Å². The molecule has 0 N–H and O–H groups in total. The Bertz CT molecular complexity index is 877. The number of para-hydroxylation sites is 1. The van der Waals surface area contributed by atoms with Crippen LogP contribution in [0.25, 0.3) is 0 Å². The standard InChI is InChI=1S/C19H20N2O3S/c22-25(23)14-13-21-12-4-7-18(19(21)20-25)15-8-10-17(11-9-15)24-16-5-2-1-3-6-16/h1-3,5-6,8-11,18H,4,7,12-14H2/t18-/m1/s1. The highest BCUT2D eigenvalue weighted by atomic mass is 32.2. The van der Waals surface area contributed by atoms with Gasteiger partial charge < -0.3 is 9.64 Å². The van der Waals surface area contributed by atoms with Crippen molar-refractivity contribution in [3.05, 3.63) is 60.2 Å². The Morgan fingerprint density at radius 2 is 1.68 bits per heavy atom. The molecule has 0 aliphatic carbocycles. The highest BCUT2D eigenvalue weighted by molar-refractivity contribution is 7.90. The van der Waals surface area contributed by atoms with Crippen molar-refractivity contribution >= 4 is 15.9 Å². The molecule has 2 aliphatic rings. The van der Waals surface area contributed by atoms with Gasteiger partial charge in [-0.1, -0.05) is 30.3 Å². The van der Waals surface area contributed by atoms with Crippen LogP contribution in [-0.2, 0) is 10.0 Å². The summed E-state index contributed by atoms with van der Waals surface area (Å²) in [5, 5.41) is 0. The zero-order valence-electron chi connectivity index (χ0n) is 13.8. The Balaban J connectivity index is 1.58. The number of fused-ring (bicyclic) bond motifs is 1. The number of sulfonamides is 1. The molecule has 1 fully saturated rings. The molecule has 0 saturated carbocycles. The summed E-state index contributed by atoms with van der Waals surface area (Å²) in [6.45, 7) is 1.44. The van der Waals surface area contributed by atoms with E-state index in [2.05, 4.69) is 9.30 Å². The highest BCUT2D eigenvalue weighted by Crippen LogP contribution is 2.32. The summed E-state index contributed by atoms with van der Waals surface area (Å²) in [6, 6.07) is 17.5. The largest absolute Gasteiger partial charge is 0.457 e. The number of piperidine rings is 1. The minimum Gasteiger partial charge on any atom is -0.457 e. The maximum absolute atomic E-state index is 11.9. The molecule has 1 saturated heterocycles. The summed E-state index contributed by atoms with van der Waals surface area (Å²) >= 11 is 0. The van der Waals surface area contributed by atoms with Crippen molar-refractivity contribution in [3.63, 3.8) is 0 Å². The molecule has 0 unspecified atom stereocenters. The number of nitrogens with zero attached hydrogens (tertiary/aromatic N) is 2. The van der Waals surface area contributed by atoms with Gasteiger partial charge in [-0.25, -0.2) is 8.42 Å². The third kappa shape index (κ3) is 3.54. The van der Waals surface area contributed by atoms with Crippen LogP contribution in [-0.4, -0.2) is 38.0 Å². The second kappa shape index (κ2) is 6.52. The third-order valence-electron chi connectivity index (χ3n) is 4.67. The van der Waals surface area contributed by atoms with Crippen LogP contribution < -0.4 is 4.74 Å². The van der Waals surface area contributed by atoms with E-state index in [1.165, 1.54) is 0 Å². The molecule has 5 nitrogen and oxygen atoms in total. The van der Waals surface area contributed by atoms with Gasteiger partial charge in [-0.05, 0) is 42.7 Å². The molecule has 2 heterocycles. The summed E-state index contributed by atoms with van der Waals surface area (Å²) in [6.07, 6.45) is 1.97. The maximum atomic E-state index is 11.9. The summed E-state index contributed by atoms with van der Waals surface area (Å²) in [4.78, 5) is 2.11. The normalized spacial score (nSPS) is 22.0. The van der Waals surface area contributed by atoms with Crippen LogP contribution >= 0.6 is 0 Å². The van der Waals surface area contributed by atoms with E-state index in [4.69, 9.17) is 4.74 Å². The molecule has 0 amide bonds. The number of ether oxygens (including phenoxy) is 1. The summed E-state index contributed by atoms with van der Waals surface area (Å²) in [7, 11) is -3.32. The predicted molar refractivity (Wildman–Crippen MR) is 97.7 cm³/mol. The van der Waals surface area contributed by atoms with E-state index in [1.54, 1.807) is 0 Å². The zero-order chi connectivity index (χ0) is 17.3. The first-order valence-corrected chi connectivity index (χ1v) is 10.1. The molecule has 0 aromatic heterocycles. The Kier molecular flexibility index (Phi) is 4.21. The van der Waals surface area contributed by atoms with Gasteiger partial charge >= 0.3 is 0 Å². The minimum atomic E-state index is -3.32. The van der Waals surface area contributed by atoms with Crippen molar-refractivity contribution in [2.45, 2.75) is 18.8 Å². The van der Waals surface area contributed by atoms with E-state index in [1.807, 2.05) is 54.6 Å². The summed E-state index contributed by atoms with van der Waals surface area (Å²) in [5.74, 6) is 2.42. The lowest BCUT2D eigenvalue weighted by Gasteiger charge is -2.37. The van der Waals surface area contributed by atoms with Crippen LogP contribution in [0.3, 0.4) is 0 Å². The third-order valence-corrected chi connectivity index (χ3v) is 5.83. The average molecular weight is 356 g/mol. The molecule has 6 heteroatoms. The molecular formula is C19H20N2O3S. The van der Waals surface area contributed by atoms with E-state index in [-0.39, 0.29) is 11.7 Å². The van der Waals surface area contributed by atoms with Gasteiger partial charge in [-0.3, -0.25) is 0 Å². The van der Waals surface area contributed by atoms with Crippen LogP contribution in [0.2, 0.25) is 0 Å². The Morgan fingerprint density at radius 3 is 2.44 bits per heavy atom. The molecule has 2 aromatic carbocycles. The van der Waals surface area contributed by atoms with Gasteiger partial charge in [0.2, 0.25) is 0 Å². The van der Waals surface area contributed by atoms with E-state index < -0.39 is 10.0 Å². The smallest absolute Gasteiger partial charge is 0.256 e. The topological polar surface area (TPSA) is 59.0 Å². The fourth-order valence-corrected chi connectivity index (χ4v) is 4.49. The molecule has 2 aliphatic heterocycles. The van der Waals surface area contributed by atoms with Crippen molar-refractivity contribution in [1.29, 1.82) is 0 Å². The number of benzene rings is 2. The van der Waals surface area contributed by atoms with Crippen LogP contribution in [0.5, 0.6) is 11.5 Å². The van der Waals surface area contributed by atoms with E-state index >= 15 is 0 Å². The van der Waals surface area contributed by atoms with Crippen LogP contribution in [0.15, 0.2) is 59.0 Å². The molecule has 4 rings (SSSR count). The van der Waals surface area contributed by atoms with Gasteiger partial charge in [-0.2, -0.15) is 0 Å². The Hall–Kier alpha value is -2.34. The molecule has 2 aromatic rings. The van der Waals surface area contributed by atoms with Crippen LogP contribution in [0.1, 0.15) is 24.3 Å². The lowest BCUT2D eigenvalue weighted by Crippen LogP contribution is -2.46. The van der Waals surface area contributed by atoms with Crippen LogP contribution in [0.4, 0.5) is 0 Å². The van der Waals surface area contributed by atoms with E-state index in [0.717, 1.165) is 36.4 Å². The average Bonchev–Trinajstić information content (AvgIpc) is 2.62. The molecule has 25 heavy (non-hydrogen) atoms. The first-order valence-electron chi connectivity index (χ1n) is 8.51. The fourth-order valence-electron chi connectivity index (χ4n) is 3.42. The van der Waals surface area contributed by atoms with E-state index in [0.29, 0.717) is 12.4 Å². The Morgan fingerprint density at radius 1 is 0.960 bits per heavy atom. The van der Waals surface area contributed by atoms with Gasteiger partial charge in [0, 0.05) is 19.0 Å². The lowest BCUT2D eigenvalue weighted by molar-refractivity contribution is 0.366. The van der Waals surface area contributed by atoms with Crippen molar-refractivity contribution in [3.8, 4) is 11.5 Å². The number of amidine groups is 1.